The molecule has 0 saturated carbocycles. The van der Waals surface area contributed by atoms with Crippen molar-refractivity contribution in [3.8, 4) is 5.75 Å². The molecule has 1 aromatic heterocycles. The van der Waals surface area contributed by atoms with Gasteiger partial charge in [-0.3, -0.25) is 4.90 Å². The van der Waals surface area contributed by atoms with E-state index in [1.54, 1.807) is 11.0 Å². The molecule has 0 radical (unpaired) electrons. The number of anilines is 1. The van der Waals surface area contributed by atoms with Crippen LogP contribution in [0.1, 0.15) is 40.2 Å². The van der Waals surface area contributed by atoms with Crippen molar-refractivity contribution in [2.75, 3.05) is 50.8 Å². The zero-order valence-electron chi connectivity index (χ0n) is 19.1. The van der Waals surface area contributed by atoms with Crippen LogP contribution in [-0.4, -0.2) is 84.1 Å². The van der Waals surface area contributed by atoms with Gasteiger partial charge >= 0.3 is 6.09 Å². The second kappa shape index (κ2) is 8.30. The summed E-state index contributed by atoms with van der Waals surface area (Å²) < 4.78 is 17.7. The van der Waals surface area contributed by atoms with E-state index in [0.717, 1.165) is 36.8 Å². The Kier molecular flexibility index (Phi) is 6.00. The Morgan fingerprint density at radius 1 is 1.29 bits per heavy atom. The number of piperazine rings is 1. The highest BCUT2D eigenvalue weighted by Gasteiger charge is 2.37. The molecule has 0 aliphatic carbocycles. The lowest BCUT2D eigenvalue weighted by Gasteiger charge is -2.41. The summed E-state index contributed by atoms with van der Waals surface area (Å²) in [6.45, 7) is 15.1. The topological polar surface area (TPSA) is 67.4 Å². The SMILES string of the molecule is CC(C)(C)OC(=O)N1CCN2Cc3c(cc(Cl)nc3N3CCOC(C)(C)C3)OC[C@H]2C1. The maximum absolute atomic E-state index is 12.6. The zero-order chi connectivity index (χ0) is 22.4. The molecule has 1 amide bonds. The highest BCUT2D eigenvalue weighted by atomic mass is 35.5. The lowest BCUT2D eigenvalue weighted by atomic mass is 10.1. The lowest BCUT2D eigenvalue weighted by molar-refractivity contribution is -0.0280. The van der Waals surface area contributed by atoms with Crippen molar-refractivity contribution in [1.29, 1.82) is 0 Å². The van der Waals surface area contributed by atoms with Gasteiger partial charge in [-0.15, -0.1) is 0 Å². The molecule has 0 bridgehead atoms. The number of carbonyl (C=O) groups excluding carboxylic acids is 1. The maximum Gasteiger partial charge on any atom is 0.410 e. The molecule has 31 heavy (non-hydrogen) atoms. The molecule has 4 rings (SSSR count). The fourth-order valence-electron chi connectivity index (χ4n) is 4.38. The molecule has 0 aromatic carbocycles. The van der Waals surface area contributed by atoms with E-state index in [1.165, 1.54) is 0 Å². The van der Waals surface area contributed by atoms with Gasteiger partial charge in [0.2, 0.25) is 0 Å². The van der Waals surface area contributed by atoms with E-state index in [4.69, 9.17) is 25.8 Å². The Bertz CT molecular complexity index is 842. The summed E-state index contributed by atoms with van der Waals surface area (Å²) in [4.78, 5) is 23.6. The standard InChI is InChI=1S/C22H33ClN4O4/c1-21(2,3)31-20(28)26-7-6-25-12-16-17(29-13-15(25)11-26)10-18(23)24-19(16)27-8-9-30-22(4,5)14-27/h10,15H,6-9,11-14H2,1-5H3/t15-/m1/s1. The van der Waals surface area contributed by atoms with Crippen LogP contribution >= 0.6 is 11.6 Å². The molecular formula is C22H33ClN4O4. The first-order valence-corrected chi connectivity index (χ1v) is 11.3. The average molecular weight is 453 g/mol. The molecule has 4 heterocycles. The Hall–Kier alpha value is -1.77. The summed E-state index contributed by atoms with van der Waals surface area (Å²) in [7, 11) is 0. The molecule has 3 aliphatic heterocycles. The number of aromatic nitrogens is 1. The third-order valence-electron chi connectivity index (χ3n) is 5.80. The minimum atomic E-state index is -0.506. The van der Waals surface area contributed by atoms with Crippen molar-refractivity contribution in [3.63, 3.8) is 0 Å². The van der Waals surface area contributed by atoms with Gasteiger partial charge in [-0.1, -0.05) is 11.6 Å². The van der Waals surface area contributed by atoms with Crippen LogP contribution in [0.15, 0.2) is 6.07 Å². The minimum absolute atomic E-state index is 0.0847. The van der Waals surface area contributed by atoms with Crippen molar-refractivity contribution >= 4 is 23.5 Å². The van der Waals surface area contributed by atoms with Gasteiger partial charge in [0.05, 0.1) is 23.8 Å². The summed E-state index contributed by atoms with van der Waals surface area (Å²) in [6, 6.07) is 1.89. The average Bonchev–Trinajstić information content (AvgIpc) is 2.84. The number of nitrogens with zero attached hydrogens (tertiary/aromatic N) is 4. The van der Waals surface area contributed by atoms with Crippen LogP contribution in [0.25, 0.3) is 0 Å². The summed E-state index contributed by atoms with van der Waals surface area (Å²) in [5, 5.41) is 0.424. The monoisotopic (exact) mass is 452 g/mol. The first-order chi connectivity index (χ1) is 14.5. The molecular weight excluding hydrogens is 420 g/mol. The van der Waals surface area contributed by atoms with Crippen molar-refractivity contribution < 1.29 is 19.0 Å². The molecule has 172 valence electrons. The van der Waals surface area contributed by atoms with Crippen LogP contribution in [-0.2, 0) is 16.0 Å². The van der Waals surface area contributed by atoms with Crippen molar-refractivity contribution in [3.05, 3.63) is 16.8 Å². The number of fused-ring (bicyclic) bond motifs is 2. The van der Waals surface area contributed by atoms with E-state index >= 15 is 0 Å². The highest BCUT2D eigenvalue weighted by molar-refractivity contribution is 6.29. The van der Waals surface area contributed by atoms with E-state index < -0.39 is 5.60 Å². The van der Waals surface area contributed by atoms with Gasteiger partial charge < -0.3 is 24.0 Å². The van der Waals surface area contributed by atoms with Crippen LogP contribution in [0.4, 0.5) is 10.6 Å². The van der Waals surface area contributed by atoms with Crippen LogP contribution in [0.5, 0.6) is 5.75 Å². The quantitative estimate of drug-likeness (QED) is 0.606. The molecule has 1 aromatic rings. The van der Waals surface area contributed by atoms with Gasteiger partial charge in [0.25, 0.3) is 0 Å². The molecule has 3 aliphatic rings. The molecule has 0 unspecified atom stereocenters. The summed E-state index contributed by atoms with van der Waals surface area (Å²) in [5.41, 5.74) is 0.297. The number of amides is 1. The maximum atomic E-state index is 12.6. The number of halogens is 1. The smallest absolute Gasteiger partial charge is 0.410 e. The number of carbonyl (C=O) groups is 1. The van der Waals surface area contributed by atoms with E-state index in [2.05, 4.69) is 28.6 Å². The third-order valence-corrected chi connectivity index (χ3v) is 6.00. The number of hydrogen-bond donors (Lipinski definition) is 0. The Labute approximate surface area is 189 Å². The van der Waals surface area contributed by atoms with Gasteiger partial charge in [-0.2, -0.15) is 0 Å². The van der Waals surface area contributed by atoms with Crippen LogP contribution in [0.2, 0.25) is 5.15 Å². The third kappa shape index (κ3) is 5.18. The van der Waals surface area contributed by atoms with E-state index in [-0.39, 0.29) is 17.7 Å². The predicted molar refractivity (Wildman–Crippen MR) is 119 cm³/mol. The van der Waals surface area contributed by atoms with E-state index in [0.29, 0.717) is 38.0 Å². The fourth-order valence-corrected chi connectivity index (χ4v) is 4.56. The summed E-state index contributed by atoms with van der Waals surface area (Å²) >= 11 is 6.37. The fraction of sp³-hybridized carbons (Fsp3) is 0.727. The Balaban J connectivity index is 1.54. The van der Waals surface area contributed by atoms with Gasteiger partial charge in [0, 0.05) is 45.3 Å². The van der Waals surface area contributed by atoms with Crippen molar-refractivity contribution in [2.45, 2.75) is 58.4 Å². The van der Waals surface area contributed by atoms with E-state index in [9.17, 15) is 4.79 Å². The molecule has 9 heteroatoms. The van der Waals surface area contributed by atoms with Gasteiger partial charge in [0.1, 0.15) is 28.9 Å². The minimum Gasteiger partial charge on any atom is -0.491 e. The van der Waals surface area contributed by atoms with E-state index in [1.807, 2.05) is 20.8 Å². The molecule has 0 spiro atoms. The number of hydrogen-bond acceptors (Lipinski definition) is 7. The van der Waals surface area contributed by atoms with Crippen LogP contribution < -0.4 is 9.64 Å². The number of pyridine rings is 1. The van der Waals surface area contributed by atoms with Gasteiger partial charge in [-0.05, 0) is 34.6 Å². The normalized spacial score (nSPS) is 24.0. The first kappa shape index (κ1) is 22.4. The van der Waals surface area contributed by atoms with Gasteiger partial charge in [-0.25, -0.2) is 9.78 Å². The van der Waals surface area contributed by atoms with Crippen LogP contribution in [0, 0.1) is 0 Å². The summed E-state index contributed by atoms with van der Waals surface area (Å²) in [6.07, 6.45) is -0.269. The summed E-state index contributed by atoms with van der Waals surface area (Å²) in [5.74, 6) is 1.65. The molecule has 1 atom stereocenters. The Morgan fingerprint density at radius 3 is 2.77 bits per heavy atom. The van der Waals surface area contributed by atoms with Crippen molar-refractivity contribution in [2.24, 2.45) is 0 Å². The second-order valence-corrected chi connectivity index (χ2v) is 10.5. The van der Waals surface area contributed by atoms with Crippen LogP contribution in [0.3, 0.4) is 0 Å². The number of morpholine rings is 1. The zero-order valence-corrected chi connectivity index (χ0v) is 19.9. The largest absolute Gasteiger partial charge is 0.491 e. The van der Waals surface area contributed by atoms with Crippen molar-refractivity contribution in [1.82, 2.24) is 14.8 Å². The second-order valence-electron chi connectivity index (χ2n) is 10.1. The molecule has 2 saturated heterocycles. The molecule has 0 N–H and O–H groups in total. The lowest BCUT2D eigenvalue weighted by Crippen LogP contribution is -2.56. The predicted octanol–water partition coefficient (Wildman–Crippen LogP) is 3.16. The number of rotatable bonds is 1. The van der Waals surface area contributed by atoms with Gasteiger partial charge in [0.15, 0.2) is 0 Å². The highest BCUT2D eigenvalue weighted by Crippen LogP contribution is 2.36. The Morgan fingerprint density at radius 2 is 2.06 bits per heavy atom. The molecule has 2 fully saturated rings. The first-order valence-electron chi connectivity index (χ1n) is 10.9. The molecule has 8 nitrogen and oxygen atoms in total. The number of ether oxygens (including phenoxy) is 3.